The molecule has 0 saturated heterocycles. The highest BCUT2D eigenvalue weighted by atomic mass is 35.5. The summed E-state index contributed by atoms with van der Waals surface area (Å²) < 4.78 is 2.17. The minimum atomic E-state index is 0.471. The van der Waals surface area contributed by atoms with E-state index in [0.717, 1.165) is 17.0 Å². The molecule has 0 unspecified atom stereocenters. The summed E-state index contributed by atoms with van der Waals surface area (Å²) in [5, 5.41) is 0. The molecule has 1 aliphatic rings. The quantitative estimate of drug-likeness (QED) is 0.614. The number of imidazole rings is 1. The zero-order valence-corrected chi connectivity index (χ0v) is 13.5. The Hall–Kier alpha value is -1.80. The Bertz CT molecular complexity index is 848. The van der Waals surface area contributed by atoms with Crippen LogP contribution in [-0.4, -0.2) is 9.38 Å². The molecule has 3 heteroatoms. The molecule has 0 saturated carbocycles. The van der Waals surface area contributed by atoms with Crippen LogP contribution in [0.5, 0.6) is 0 Å². The lowest BCUT2D eigenvalue weighted by Crippen LogP contribution is -2.02. The number of nitrogens with zero attached hydrogens (tertiary/aromatic N) is 2. The van der Waals surface area contributed by atoms with Crippen LogP contribution in [0.25, 0.3) is 16.9 Å². The van der Waals surface area contributed by atoms with Crippen molar-refractivity contribution in [2.24, 2.45) is 0 Å². The lowest BCUT2D eigenvalue weighted by atomic mass is 9.90. The predicted octanol–water partition coefficient (Wildman–Crippen LogP) is 4.93. The number of alkyl halides is 1. The second kappa shape index (κ2) is 5.44. The molecule has 0 spiro atoms. The molecule has 0 fully saturated rings. The standard InChI is InChI=1S/C19H19ClN2/c1-13-5-4-8-18-21-19(17(12-20)22(13)18)16-10-9-14-6-2-3-7-15(14)11-16/h4-5,8-11H,2-3,6-7,12H2,1H3. The molecule has 2 heterocycles. The molecule has 22 heavy (non-hydrogen) atoms. The molecule has 1 aliphatic carbocycles. The van der Waals surface area contributed by atoms with E-state index >= 15 is 0 Å². The van der Waals surface area contributed by atoms with E-state index in [-0.39, 0.29) is 0 Å². The highest BCUT2D eigenvalue weighted by Crippen LogP contribution is 2.30. The first-order valence-electron chi connectivity index (χ1n) is 7.93. The van der Waals surface area contributed by atoms with E-state index in [1.54, 1.807) is 0 Å². The fourth-order valence-electron chi connectivity index (χ4n) is 3.56. The van der Waals surface area contributed by atoms with Crippen LogP contribution in [-0.2, 0) is 18.7 Å². The first kappa shape index (κ1) is 13.8. The summed E-state index contributed by atoms with van der Waals surface area (Å²) in [6.45, 7) is 2.10. The monoisotopic (exact) mass is 310 g/mol. The molecule has 2 nitrogen and oxygen atoms in total. The second-order valence-corrected chi connectivity index (χ2v) is 6.36. The maximum atomic E-state index is 6.26. The van der Waals surface area contributed by atoms with Gasteiger partial charge in [-0.2, -0.15) is 0 Å². The molecule has 0 N–H and O–H groups in total. The topological polar surface area (TPSA) is 17.3 Å². The number of aryl methyl sites for hydroxylation is 3. The molecule has 112 valence electrons. The molecular formula is C19H19ClN2. The third kappa shape index (κ3) is 2.14. The molecular weight excluding hydrogens is 292 g/mol. The van der Waals surface area contributed by atoms with Crippen LogP contribution >= 0.6 is 11.6 Å². The van der Waals surface area contributed by atoms with E-state index in [2.05, 4.69) is 35.6 Å². The third-order valence-electron chi connectivity index (χ3n) is 4.68. The minimum Gasteiger partial charge on any atom is -0.299 e. The zero-order valence-electron chi connectivity index (χ0n) is 12.8. The number of rotatable bonds is 2. The molecule has 0 radical (unpaired) electrons. The number of benzene rings is 1. The van der Waals surface area contributed by atoms with Crippen LogP contribution < -0.4 is 0 Å². The summed E-state index contributed by atoms with van der Waals surface area (Å²) in [5.74, 6) is 0.471. The zero-order chi connectivity index (χ0) is 15.1. The van der Waals surface area contributed by atoms with Gasteiger partial charge in [0.2, 0.25) is 0 Å². The van der Waals surface area contributed by atoms with Crippen molar-refractivity contribution < 1.29 is 0 Å². The van der Waals surface area contributed by atoms with Gasteiger partial charge in [0.25, 0.3) is 0 Å². The van der Waals surface area contributed by atoms with Crippen molar-refractivity contribution in [3.05, 3.63) is 58.9 Å². The second-order valence-electron chi connectivity index (χ2n) is 6.09. The molecule has 2 aromatic heterocycles. The van der Waals surface area contributed by atoms with Crippen molar-refractivity contribution in [1.29, 1.82) is 0 Å². The van der Waals surface area contributed by atoms with Crippen LogP contribution in [0.15, 0.2) is 36.4 Å². The average molecular weight is 311 g/mol. The van der Waals surface area contributed by atoms with Gasteiger partial charge in [0.15, 0.2) is 0 Å². The van der Waals surface area contributed by atoms with Gasteiger partial charge in [-0.1, -0.05) is 18.2 Å². The molecule has 0 bridgehead atoms. The van der Waals surface area contributed by atoms with Gasteiger partial charge in [-0.25, -0.2) is 4.98 Å². The minimum absolute atomic E-state index is 0.471. The normalized spacial score (nSPS) is 14.3. The lowest BCUT2D eigenvalue weighted by molar-refractivity contribution is 0.686. The maximum Gasteiger partial charge on any atom is 0.137 e. The van der Waals surface area contributed by atoms with Crippen LogP contribution in [0, 0.1) is 6.92 Å². The van der Waals surface area contributed by atoms with Crippen LogP contribution in [0.4, 0.5) is 0 Å². The Morgan fingerprint density at radius 2 is 1.91 bits per heavy atom. The Morgan fingerprint density at radius 1 is 1.09 bits per heavy atom. The highest BCUT2D eigenvalue weighted by molar-refractivity contribution is 6.17. The van der Waals surface area contributed by atoms with E-state index in [1.165, 1.54) is 48.1 Å². The largest absolute Gasteiger partial charge is 0.299 e. The van der Waals surface area contributed by atoms with Gasteiger partial charge in [-0.05, 0) is 61.9 Å². The molecule has 0 atom stereocenters. The summed E-state index contributed by atoms with van der Waals surface area (Å²) in [4.78, 5) is 4.84. The van der Waals surface area contributed by atoms with Gasteiger partial charge in [-0.3, -0.25) is 4.40 Å². The van der Waals surface area contributed by atoms with E-state index in [9.17, 15) is 0 Å². The maximum absolute atomic E-state index is 6.26. The van der Waals surface area contributed by atoms with Crippen LogP contribution in [0.1, 0.15) is 35.4 Å². The summed E-state index contributed by atoms with van der Waals surface area (Å²) in [7, 11) is 0. The predicted molar refractivity (Wildman–Crippen MR) is 91.6 cm³/mol. The number of fused-ring (bicyclic) bond motifs is 2. The highest BCUT2D eigenvalue weighted by Gasteiger charge is 2.16. The summed E-state index contributed by atoms with van der Waals surface area (Å²) in [6.07, 6.45) is 5.00. The number of halogens is 1. The van der Waals surface area contributed by atoms with Gasteiger partial charge in [0, 0.05) is 11.3 Å². The molecule has 0 aliphatic heterocycles. The van der Waals surface area contributed by atoms with Crippen molar-refractivity contribution in [3.63, 3.8) is 0 Å². The van der Waals surface area contributed by atoms with Gasteiger partial charge in [-0.15, -0.1) is 11.6 Å². The van der Waals surface area contributed by atoms with E-state index in [0.29, 0.717) is 5.88 Å². The summed E-state index contributed by atoms with van der Waals surface area (Å²) >= 11 is 6.26. The molecule has 1 aromatic carbocycles. The Kier molecular flexibility index (Phi) is 3.42. The van der Waals surface area contributed by atoms with E-state index < -0.39 is 0 Å². The van der Waals surface area contributed by atoms with Gasteiger partial charge < -0.3 is 0 Å². The van der Waals surface area contributed by atoms with Crippen LogP contribution in [0.2, 0.25) is 0 Å². The number of hydrogen-bond donors (Lipinski definition) is 0. The Morgan fingerprint density at radius 3 is 2.73 bits per heavy atom. The van der Waals surface area contributed by atoms with Crippen molar-refractivity contribution in [1.82, 2.24) is 9.38 Å². The SMILES string of the molecule is Cc1cccc2nc(-c3ccc4c(c3)CCCC4)c(CCl)n12. The fourth-order valence-corrected chi connectivity index (χ4v) is 3.81. The lowest BCUT2D eigenvalue weighted by Gasteiger charge is -2.16. The average Bonchev–Trinajstić information content (AvgIpc) is 2.94. The fraction of sp³-hybridized carbons (Fsp3) is 0.316. The van der Waals surface area contributed by atoms with Gasteiger partial charge in [0.1, 0.15) is 5.65 Å². The smallest absolute Gasteiger partial charge is 0.137 e. The van der Waals surface area contributed by atoms with Crippen molar-refractivity contribution >= 4 is 17.2 Å². The molecule has 3 aromatic rings. The molecule has 0 amide bonds. The summed E-state index contributed by atoms with van der Waals surface area (Å²) in [6, 6.07) is 13.0. The third-order valence-corrected chi connectivity index (χ3v) is 4.94. The van der Waals surface area contributed by atoms with Crippen molar-refractivity contribution in [2.45, 2.75) is 38.5 Å². The van der Waals surface area contributed by atoms with Gasteiger partial charge in [0.05, 0.1) is 17.3 Å². The van der Waals surface area contributed by atoms with E-state index in [1.807, 2.05) is 12.1 Å². The Labute approximate surface area is 135 Å². The number of hydrogen-bond acceptors (Lipinski definition) is 1. The Balaban J connectivity index is 1.92. The van der Waals surface area contributed by atoms with Crippen LogP contribution in [0.3, 0.4) is 0 Å². The van der Waals surface area contributed by atoms with Crippen molar-refractivity contribution in [2.75, 3.05) is 0 Å². The summed E-state index contributed by atoms with van der Waals surface area (Å²) in [5.41, 5.74) is 8.44. The number of pyridine rings is 1. The van der Waals surface area contributed by atoms with Crippen molar-refractivity contribution in [3.8, 4) is 11.3 Å². The first-order chi connectivity index (χ1) is 10.8. The molecule has 4 rings (SSSR count). The van der Waals surface area contributed by atoms with E-state index in [4.69, 9.17) is 16.6 Å². The van der Waals surface area contributed by atoms with Gasteiger partial charge >= 0.3 is 0 Å². The first-order valence-corrected chi connectivity index (χ1v) is 8.46. The number of aromatic nitrogens is 2.